The highest BCUT2D eigenvalue weighted by molar-refractivity contribution is 7.93. The van der Waals surface area contributed by atoms with Gasteiger partial charge in [0, 0.05) is 19.4 Å². The molecule has 0 atom stereocenters. The molecule has 0 aromatic carbocycles. The summed E-state index contributed by atoms with van der Waals surface area (Å²) in [7, 11) is -1.78. The highest BCUT2D eigenvalue weighted by Crippen LogP contribution is 2.10. The van der Waals surface area contributed by atoms with E-state index in [1.807, 2.05) is 0 Å². The first-order chi connectivity index (χ1) is 5.55. The van der Waals surface area contributed by atoms with E-state index in [1.165, 1.54) is 6.20 Å². The zero-order valence-corrected chi connectivity index (χ0v) is 7.86. The van der Waals surface area contributed by atoms with Crippen LogP contribution in [0.3, 0.4) is 0 Å². The number of rotatable bonds is 3. The Kier molecular flexibility index (Phi) is 2.49. The van der Waals surface area contributed by atoms with Crippen molar-refractivity contribution in [3.8, 4) is 6.01 Å². The molecule has 0 bridgehead atoms. The Morgan fingerprint density at radius 1 is 1.83 bits per heavy atom. The highest BCUT2D eigenvalue weighted by atomic mass is 32.3. The van der Waals surface area contributed by atoms with Gasteiger partial charge in [-0.15, -0.1) is 0 Å². The third kappa shape index (κ3) is 2.05. The molecule has 1 heterocycles. The van der Waals surface area contributed by atoms with Gasteiger partial charge in [-0.1, -0.05) is 6.92 Å². The summed E-state index contributed by atoms with van der Waals surface area (Å²) < 4.78 is 26.5. The summed E-state index contributed by atoms with van der Waals surface area (Å²) in [5.74, 6) is 0.0832. The molecule has 0 aliphatic rings. The maximum atomic E-state index is 11.1. The van der Waals surface area contributed by atoms with E-state index in [2.05, 4.69) is 4.98 Å². The van der Waals surface area contributed by atoms with Crippen LogP contribution in [0.15, 0.2) is 12.4 Å². The number of hydrogen-bond acceptors (Lipinski definition) is 3. The van der Waals surface area contributed by atoms with E-state index in [9.17, 15) is 4.21 Å². The first-order valence-corrected chi connectivity index (χ1v) is 5.30. The van der Waals surface area contributed by atoms with Gasteiger partial charge in [0.2, 0.25) is 0 Å². The minimum atomic E-state index is -3.47. The van der Waals surface area contributed by atoms with Crippen LogP contribution in [0.4, 0.5) is 0 Å². The van der Waals surface area contributed by atoms with Gasteiger partial charge in [-0.05, 0) is 0 Å². The molecular weight excluding hydrogens is 180 g/mol. The van der Waals surface area contributed by atoms with Crippen molar-refractivity contribution in [2.24, 2.45) is 7.05 Å². The maximum absolute atomic E-state index is 11.1. The lowest BCUT2D eigenvalue weighted by Crippen LogP contribution is -2.22. The van der Waals surface area contributed by atoms with E-state index in [4.69, 9.17) is 8.74 Å². The van der Waals surface area contributed by atoms with Gasteiger partial charge in [-0.3, -0.25) is 0 Å². The summed E-state index contributed by atoms with van der Waals surface area (Å²) in [4.78, 5) is 3.76. The fourth-order valence-electron chi connectivity index (χ4n) is 0.632. The first kappa shape index (κ1) is 9.21. The van der Waals surface area contributed by atoms with Gasteiger partial charge in [0.05, 0.1) is 5.75 Å². The summed E-state index contributed by atoms with van der Waals surface area (Å²) >= 11 is 0. The standard InChI is InChI=1S/C6H12N2O3S/c1-3-12(9,10)11-6-7-4-5-8(6)2/h4-5,12H,3H2,1-2H3,(H,9,10). The molecular formula is C6H12N2O3S. The number of aromatic nitrogens is 2. The van der Waals surface area contributed by atoms with Crippen LogP contribution >= 0.6 is 0 Å². The SMILES string of the molecule is CC[SH](=O)(O)Oc1nccn1C. The average molecular weight is 192 g/mol. The van der Waals surface area contributed by atoms with Crippen LogP contribution in [-0.2, 0) is 17.5 Å². The van der Waals surface area contributed by atoms with E-state index in [-0.39, 0.29) is 11.8 Å². The second-order valence-corrected chi connectivity index (χ2v) is 4.46. The van der Waals surface area contributed by atoms with Crippen LogP contribution in [0.2, 0.25) is 0 Å². The molecule has 1 aromatic heterocycles. The Bertz CT molecular complexity index is 309. The minimum Gasteiger partial charge on any atom is -0.370 e. The van der Waals surface area contributed by atoms with E-state index >= 15 is 0 Å². The van der Waals surface area contributed by atoms with Crippen LogP contribution in [0.1, 0.15) is 6.92 Å². The fourth-order valence-corrected chi connectivity index (χ4v) is 1.19. The van der Waals surface area contributed by atoms with Crippen LogP contribution in [0.5, 0.6) is 6.01 Å². The van der Waals surface area contributed by atoms with Crippen LogP contribution < -0.4 is 4.18 Å². The smallest absolute Gasteiger partial charge is 0.310 e. The molecule has 12 heavy (non-hydrogen) atoms. The lowest BCUT2D eigenvalue weighted by atomic mass is 10.9. The summed E-state index contributed by atoms with van der Waals surface area (Å²) in [5.41, 5.74) is 0. The highest BCUT2D eigenvalue weighted by Gasteiger charge is 2.10. The molecule has 0 radical (unpaired) electrons. The van der Waals surface area contributed by atoms with Crippen molar-refractivity contribution < 1.29 is 12.9 Å². The number of imidazole rings is 1. The van der Waals surface area contributed by atoms with E-state index in [0.29, 0.717) is 0 Å². The molecule has 70 valence electrons. The maximum Gasteiger partial charge on any atom is 0.310 e. The van der Waals surface area contributed by atoms with Crippen LogP contribution in [0.25, 0.3) is 0 Å². The van der Waals surface area contributed by atoms with Gasteiger partial charge in [-0.2, -0.15) is 0 Å². The lowest BCUT2D eigenvalue weighted by Gasteiger charge is -2.15. The molecule has 0 aliphatic heterocycles. The quantitative estimate of drug-likeness (QED) is 0.673. The largest absolute Gasteiger partial charge is 0.370 e. The molecule has 1 N–H and O–H groups in total. The van der Waals surface area contributed by atoms with Gasteiger partial charge < -0.3 is 13.3 Å². The normalized spacial score (nSPS) is 12.9. The summed E-state index contributed by atoms with van der Waals surface area (Å²) in [6.07, 6.45) is 3.15. The predicted octanol–water partition coefficient (Wildman–Crippen LogP) is 0.223. The number of nitrogens with zero attached hydrogens (tertiary/aromatic N) is 2. The lowest BCUT2D eigenvalue weighted by molar-refractivity contribution is 0.405. The van der Waals surface area contributed by atoms with Gasteiger partial charge in [-0.25, -0.2) is 9.19 Å². The third-order valence-electron chi connectivity index (χ3n) is 1.40. The molecule has 0 amide bonds. The van der Waals surface area contributed by atoms with Crippen molar-refractivity contribution in [2.75, 3.05) is 5.75 Å². The topological polar surface area (TPSA) is 64.3 Å². The second kappa shape index (κ2) is 3.24. The van der Waals surface area contributed by atoms with E-state index < -0.39 is 10.5 Å². The van der Waals surface area contributed by atoms with Gasteiger partial charge in [0.25, 0.3) is 0 Å². The molecule has 0 fully saturated rings. The molecule has 1 aromatic rings. The van der Waals surface area contributed by atoms with Crippen LogP contribution in [-0.4, -0.2) is 24.1 Å². The molecule has 0 unspecified atom stereocenters. The van der Waals surface area contributed by atoms with Crippen molar-refractivity contribution >= 4 is 10.5 Å². The summed E-state index contributed by atoms with van der Waals surface area (Å²) in [6.45, 7) is 1.59. The van der Waals surface area contributed by atoms with Gasteiger partial charge in [0.1, 0.15) is 10.5 Å². The summed E-state index contributed by atoms with van der Waals surface area (Å²) in [6, 6.07) is 0.169. The zero-order chi connectivity index (χ0) is 9.19. The molecule has 1 rings (SSSR count). The van der Waals surface area contributed by atoms with Crippen molar-refractivity contribution in [1.29, 1.82) is 0 Å². The van der Waals surface area contributed by atoms with Crippen molar-refractivity contribution in [2.45, 2.75) is 6.92 Å². The van der Waals surface area contributed by atoms with Gasteiger partial charge in [0.15, 0.2) is 0 Å². The number of thiol groups is 1. The fraction of sp³-hybridized carbons (Fsp3) is 0.500. The molecule has 0 saturated carbocycles. The Hall–Kier alpha value is -0.880. The Morgan fingerprint density at radius 2 is 2.50 bits per heavy atom. The molecule has 6 heteroatoms. The van der Waals surface area contributed by atoms with Crippen molar-refractivity contribution in [1.82, 2.24) is 9.55 Å². The molecule has 0 aliphatic carbocycles. The second-order valence-electron chi connectivity index (χ2n) is 2.37. The third-order valence-corrected chi connectivity index (χ3v) is 2.65. The zero-order valence-electron chi connectivity index (χ0n) is 6.97. The first-order valence-electron chi connectivity index (χ1n) is 3.54. The Balaban J connectivity index is 2.77. The molecule has 5 nitrogen and oxygen atoms in total. The predicted molar refractivity (Wildman–Crippen MR) is 46.5 cm³/mol. The Morgan fingerprint density at radius 3 is 2.92 bits per heavy atom. The van der Waals surface area contributed by atoms with Gasteiger partial charge >= 0.3 is 6.01 Å². The average Bonchev–Trinajstić information content (AvgIpc) is 2.36. The number of hydrogen-bond donors (Lipinski definition) is 2. The minimum absolute atomic E-state index is 0.0832. The number of aryl methyl sites for hydroxylation is 1. The van der Waals surface area contributed by atoms with Crippen molar-refractivity contribution in [3.63, 3.8) is 0 Å². The monoisotopic (exact) mass is 192 g/mol. The molecule has 0 spiro atoms. The van der Waals surface area contributed by atoms with Crippen molar-refractivity contribution in [3.05, 3.63) is 12.4 Å². The Labute approximate surface area is 71.8 Å². The van der Waals surface area contributed by atoms with Crippen LogP contribution in [0, 0.1) is 0 Å². The summed E-state index contributed by atoms with van der Waals surface area (Å²) in [5, 5.41) is 0. The molecule has 0 saturated heterocycles. The van der Waals surface area contributed by atoms with E-state index in [1.54, 1.807) is 24.7 Å². The van der Waals surface area contributed by atoms with E-state index in [0.717, 1.165) is 0 Å².